The Morgan fingerprint density at radius 1 is 1.44 bits per heavy atom. The Balaban J connectivity index is 2.41. The largest absolute Gasteiger partial charge is 0.478 e. The number of rotatable bonds is 3. The van der Waals surface area contributed by atoms with Crippen LogP contribution in [0.25, 0.3) is 0 Å². The van der Waals surface area contributed by atoms with E-state index in [1.54, 1.807) is 6.07 Å². The number of aromatic carboxylic acids is 1. The molecule has 0 saturated carbocycles. The van der Waals surface area contributed by atoms with Crippen LogP contribution in [0.15, 0.2) is 18.2 Å². The third-order valence-electron chi connectivity index (χ3n) is 3.53. The van der Waals surface area contributed by atoms with Crippen molar-refractivity contribution in [2.45, 2.75) is 32.2 Å². The molecular weight excluding hydrogens is 230 g/mol. The number of aryl methyl sites for hydroxylation is 1. The van der Waals surface area contributed by atoms with Crippen LogP contribution in [0.1, 0.15) is 35.2 Å². The number of aliphatic hydroxyl groups is 1. The molecule has 1 aromatic rings. The van der Waals surface area contributed by atoms with E-state index in [0.717, 1.165) is 37.1 Å². The van der Waals surface area contributed by atoms with Crippen LogP contribution in [-0.2, 0) is 0 Å². The number of nitrogens with zero attached hydrogens (tertiary/aromatic N) is 1. The number of anilines is 1. The van der Waals surface area contributed by atoms with Gasteiger partial charge in [0.05, 0.1) is 23.9 Å². The molecular formula is C14H19NO3. The van der Waals surface area contributed by atoms with Gasteiger partial charge in [-0.2, -0.15) is 0 Å². The van der Waals surface area contributed by atoms with E-state index >= 15 is 0 Å². The minimum atomic E-state index is -0.910. The summed E-state index contributed by atoms with van der Waals surface area (Å²) in [5.41, 5.74) is 2.10. The second-order valence-electron chi connectivity index (χ2n) is 4.85. The lowest BCUT2D eigenvalue weighted by Gasteiger charge is -2.37. The van der Waals surface area contributed by atoms with E-state index in [-0.39, 0.29) is 12.6 Å². The molecule has 0 amide bonds. The van der Waals surface area contributed by atoms with Crippen molar-refractivity contribution in [1.29, 1.82) is 0 Å². The Hall–Kier alpha value is -1.55. The zero-order valence-corrected chi connectivity index (χ0v) is 10.6. The molecule has 4 nitrogen and oxygen atoms in total. The van der Waals surface area contributed by atoms with Crippen LogP contribution in [0, 0.1) is 6.92 Å². The molecule has 1 heterocycles. The van der Waals surface area contributed by atoms with Crippen molar-refractivity contribution in [3.63, 3.8) is 0 Å². The number of benzene rings is 1. The Morgan fingerprint density at radius 3 is 2.89 bits per heavy atom. The summed E-state index contributed by atoms with van der Waals surface area (Å²) in [6, 6.07) is 5.40. The number of carbonyl (C=O) groups is 1. The molecule has 0 aromatic heterocycles. The van der Waals surface area contributed by atoms with E-state index < -0.39 is 5.97 Å². The second-order valence-corrected chi connectivity index (χ2v) is 4.85. The summed E-state index contributed by atoms with van der Waals surface area (Å²) in [5, 5.41) is 18.7. The van der Waals surface area contributed by atoms with Crippen LogP contribution < -0.4 is 4.90 Å². The van der Waals surface area contributed by atoms with Crippen molar-refractivity contribution in [1.82, 2.24) is 0 Å². The summed E-state index contributed by atoms with van der Waals surface area (Å²) in [4.78, 5) is 13.3. The Labute approximate surface area is 107 Å². The van der Waals surface area contributed by atoms with E-state index in [0.29, 0.717) is 5.56 Å². The molecule has 1 fully saturated rings. The monoisotopic (exact) mass is 249 g/mol. The zero-order valence-electron chi connectivity index (χ0n) is 10.6. The summed E-state index contributed by atoms with van der Waals surface area (Å²) < 4.78 is 0. The van der Waals surface area contributed by atoms with Gasteiger partial charge in [0.1, 0.15) is 0 Å². The van der Waals surface area contributed by atoms with Crippen LogP contribution in [-0.4, -0.2) is 35.4 Å². The van der Waals surface area contributed by atoms with E-state index in [2.05, 4.69) is 0 Å². The summed E-state index contributed by atoms with van der Waals surface area (Å²) in [6.45, 7) is 2.84. The standard InChI is InChI=1S/C14H19NO3/c1-10-5-6-12(14(17)18)13(8-10)15-7-3-2-4-11(15)9-16/h5-6,8,11,16H,2-4,7,9H2,1H3,(H,17,18). The summed E-state index contributed by atoms with van der Waals surface area (Å²) >= 11 is 0. The van der Waals surface area contributed by atoms with E-state index in [4.69, 9.17) is 0 Å². The molecule has 0 aliphatic carbocycles. The van der Waals surface area contributed by atoms with E-state index in [1.165, 1.54) is 0 Å². The number of piperidine rings is 1. The molecule has 1 aromatic carbocycles. The topological polar surface area (TPSA) is 60.8 Å². The van der Waals surface area contributed by atoms with Gasteiger partial charge in [0.15, 0.2) is 0 Å². The highest BCUT2D eigenvalue weighted by atomic mass is 16.4. The minimum Gasteiger partial charge on any atom is -0.478 e. The number of hydrogen-bond acceptors (Lipinski definition) is 3. The van der Waals surface area contributed by atoms with Crippen molar-refractivity contribution >= 4 is 11.7 Å². The van der Waals surface area contributed by atoms with Gasteiger partial charge in [-0.1, -0.05) is 6.07 Å². The fourth-order valence-electron chi connectivity index (χ4n) is 2.57. The first-order valence-electron chi connectivity index (χ1n) is 6.35. The lowest BCUT2D eigenvalue weighted by molar-refractivity contribution is 0.0697. The maximum Gasteiger partial charge on any atom is 0.337 e. The molecule has 18 heavy (non-hydrogen) atoms. The highest BCUT2D eigenvalue weighted by molar-refractivity contribution is 5.94. The molecule has 98 valence electrons. The first-order valence-corrected chi connectivity index (χ1v) is 6.35. The van der Waals surface area contributed by atoms with Gasteiger partial charge in [-0.25, -0.2) is 4.79 Å². The van der Waals surface area contributed by atoms with Crippen molar-refractivity contribution in [2.75, 3.05) is 18.1 Å². The van der Waals surface area contributed by atoms with Gasteiger partial charge in [0.25, 0.3) is 0 Å². The number of carboxylic acids is 1. The van der Waals surface area contributed by atoms with Gasteiger partial charge in [-0.15, -0.1) is 0 Å². The van der Waals surface area contributed by atoms with Gasteiger partial charge in [-0.3, -0.25) is 0 Å². The van der Waals surface area contributed by atoms with Gasteiger partial charge in [-0.05, 0) is 43.9 Å². The number of carboxylic acid groups (broad SMARTS) is 1. The van der Waals surface area contributed by atoms with Crippen molar-refractivity contribution in [2.24, 2.45) is 0 Å². The van der Waals surface area contributed by atoms with Crippen LogP contribution in [0.2, 0.25) is 0 Å². The lowest BCUT2D eigenvalue weighted by atomic mass is 9.99. The third-order valence-corrected chi connectivity index (χ3v) is 3.53. The lowest BCUT2D eigenvalue weighted by Crippen LogP contribution is -2.42. The molecule has 2 rings (SSSR count). The Kier molecular flexibility index (Phi) is 3.87. The highest BCUT2D eigenvalue weighted by Crippen LogP contribution is 2.29. The smallest absolute Gasteiger partial charge is 0.337 e. The molecule has 1 atom stereocenters. The molecule has 1 aliphatic heterocycles. The van der Waals surface area contributed by atoms with Crippen molar-refractivity contribution in [3.05, 3.63) is 29.3 Å². The van der Waals surface area contributed by atoms with Crippen molar-refractivity contribution < 1.29 is 15.0 Å². The van der Waals surface area contributed by atoms with Crippen LogP contribution >= 0.6 is 0 Å². The van der Waals surface area contributed by atoms with E-state index in [1.807, 2.05) is 24.0 Å². The highest BCUT2D eigenvalue weighted by Gasteiger charge is 2.25. The average Bonchev–Trinajstić information content (AvgIpc) is 2.38. The molecule has 0 radical (unpaired) electrons. The van der Waals surface area contributed by atoms with Crippen molar-refractivity contribution in [3.8, 4) is 0 Å². The fraction of sp³-hybridized carbons (Fsp3) is 0.500. The maximum absolute atomic E-state index is 11.3. The van der Waals surface area contributed by atoms with Crippen LogP contribution in [0.3, 0.4) is 0 Å². The van der Waals surface area contributed by atoms with Gasteiger partial charge < -0.3 is 15.1 Å². The first-order chi connectivity index (χ1) is 8.63. The summed E-state index contributed by atoms with van der Waals surface area (Å²) in [6.07, 6.45) is 3.06. The van der Waals surface area contributed by atoms with Crippen LogP contribution in [0.4, 0.5) is 5.69 Å². The Morgan fingerprint density at radius 2 is 2.22 bits per heavy atom. The zero-order chi connectivity index (χ0) is 13.1. The first kappa shape index (κ1) is 12.9. The van der Waals surface area contributed by atoms with E-state index in [9.17, 15) is 15.0 Å². The molecule has 4 heteroatoms. The molecule has 1 aliphatic rings. The Bertz CT molecular complexity index is 445. The molecule has 0 bridgehead atoms. The van der Waals surface area contributed by atoms with Gasteiger partial charge in [0, 0.05) is 6.54 Å². The fourth-order valence-corrected chi connectivity index (χ4v) is 2.57. The number of hydrogen-bond donors (Lipinski definition) is 2. The predicted molar refractivity (Wildman–Crippen MR) is 70.2 cm³/mol. The van der Waals surface area contributed by atoms with Gasteiger partial charge in [0.2, 0.25) is 0 Å². The molecule has 2 N–H and O–H groups in total. The summed E-state index contributed by atoms with van der Waals surface area (Å²) in [5.74, 6) is -0.910. The SMILES string of the molecule is Cc1ccc(C(=O)O)c(N2CCCCC2CO)c1. The second kappa shape index (κ2) is 5.40. The normalized spacial score (nSPS) is 19.9. The van der Waals surface area contributed by atoms with Gasteiger partial charge >= 0.3 is 5.97 Å². The number of aliphatic hydroxyl groups excluding tert-OH is 1. The third kappa shape index (κ3) is 2.48. The molecule has 0 spiro atoms. The molecule has 1 unspecified atom stereocenters. The maximum atomic E-state index is 11.3. The quantitative estimate of drug-likeness (QED) is 0.860. The molecule has 1 saturated heterocycles. The van der Waals surface area contributed by atoms with Crippen LogP contribution in [0.5, 0.6) is 0 Å². The minimum absolute atomic E-state index is 0.0404. The summed E-state index contributed by atoms with van der Waals surface area (Å²) in [7, 11) is 0. The predicted octanol–water partition coefficient (Wildman–Crippen LogP) is 2.04. The average molecular weight is 249 g/mol.